The number of benzene rings is 4. The Balaban J connectivity index is 1.58. The van der Waals surface area contributed by atoms with Gasteiger partial charge in [0.05, 0.1) is 22.3 Å². The Hall–Kier alpha value is -3.54. The summed E-state index contributed by atoms with van der Waals surface area (Å²) in [5, 5.41) is 2.10. The van der Waals surface area contributed by atoms with Gasteiger partial charge in [0.25, 0.3) is 0 Å². The molecule has 174 valence electrons. The highest BCUT2D eigenvalue weighted by Gasteiger charge is 2.52. The molecule has 0 unspecified atom stereocenters. The first kappa shape index (κ1) is 22.0. The van der Waals surface area contributed by atoms with E-state index in [1.165, 1.54) is 0 Å². The topological polar surface area (TPSA) is 34.8 Å². The van der Waals surface area contributed by atoms with Gasteiger partial charge in [-0.3, -0.25) is 0 Å². The molecule has 4 aromatic carbocycles. The lowest BCUT2D eigenvalue weighted by Gasteiger charge is -2.32. The summed E-state index contributed by atoms with van der Waals surface area (Å²) in [4.78, 5) is 2.28. The van der Waals surface area contributed by atoms with Gasteiger partial charge in [0, 0.05) is 22.2 Å². The van der Waals surface area contributed by atoms with Crippen molar-refractivity contribution < 1.29 is 13.7 Å². The van der Waals surface area contributed by atoms with E-state index in [1.807, 2.05) is 30.3 Å². The van der Waals surface area contributed by atoms with Gasteiger partial charge in [-0.1, -0.05) is 60.7 Å². The van der Waals surface area contributed by atoms with Crippen molar-refractivity contribution in [1.29, 1.82) is 0 Å². The van der Waals surface area contributed by atoms with Gasteiger partial charge in [-0.25, -0.2) is 0 Å². The fourth-order valence-electron chi connectivity index (χ4n) is 4.77. The third-order valence-corrected chi connectivity index (χ3v) is 7.31. The number of hydrogen-bond acceptors (Lipinski definition) is 4. The zero-order valence-corrected chi connectivity index (χ0v) is 20.5. The minimum Gasteiger partial charge on any atom is -0.456 e. The smallest absolute Gasteiger partial charge is 0.456 e. The molecule has 0 spiro atoms. The Morgan fingerprint density at radius 1 is 0.629 bits per heavy atom. The molecule has 5 heteroatoms. The minimum absolute atomic E-state index is 0.422. The second-order valence-electron chi connectivity index (χ2n) is 10.1. The number of furan rings is 1. The largest absolute Gasteiger partial charge is 0.498 e. The average Bonchev–Trinajstić information content (AvgIpc) is 3.34. The van der Waals surface area contributed by atoms with Crippen LogP contribution in [0.2, 0.25) is 0 Å². The molecule has 0 saturated carbocycles. The molecule has 4 nitrogen and oxygen atoms in total. The Labute approximate surface area is 206 Å². The number of para-hydroxylation sites is 3. The molecule has 1 aliphatic rings. The van der Waals surface area contributed by atoms with Crippen molar-refractivity contribution in [2.75, 3.05) is 4.90 Å². The summed E-state index contributed by atoms with van der Waals surface area (Å²) in [6, 6.07) is 33.3. The molecule has 6 rings (SSSR count). The van der Waals surface area contributed by atoms with Gasteiger partial charge in [0.2, 0.25) is 0 Å². The summed E-state index contributed by atoms with van der Waals surface area (Å²) in [5.41, 5.74) is 4.93. The van der Waals surface area contributed by atoms with Crippen LogP contribution in [-0.4, -0.2) is 18.3 Å². The van der Waals surface area contributed by atoms with Crippen molar-refractivity contribution in [1.82, 2.24) is 0 Å². The van der Waals surface area contributed by atoms with Gasteiger partial charge in [-0.05, 0) is 64.1 Å². The molecule has 1 fully saturated rings. The van der Waals surface area contributed by atoms with Gasteiger partial charge in [-0.2, -0.15) is 0 Å². The van der Waals surface area contributed by atoms with Crippen molar-refractivity contribution in [2.24, 2.45) is 0 Å². The third kappa shape index (κ3) is 3.54. The van der Waals surface area contributed by atoms with E-state index in [0.29, 0.717) is 0 Å². The second kappa shape index (κ2) is 8.01. The molecule has 1 aromatic heterocycles. The lowest BCUT2D eigenvalue weighted by Crippen LogP contribution is -2.41. The fourth-order valence-corrected chi connectivity index (χ4v) is 4.77. The fraction of sp³-hybridized carbons (Fsp3) is 0.200. The van der Waals surface area contributed by atoms with Crippen LogP contribution in [0.4, 0.5) is 17.1 Å². The van der Waals surface area contributed by atoms with Crippen molar-refractivity contribution >= 4 is 51.6 Å². The normalized spacial score (nSPS) is 16.7. The molecule has 1 aliphatic heterocycles. The molecule has 0 amide bonds. The van der Waals surface area contributed by atoms with Crippen molar-refractivity contribution in [3.05, 3.63) is 97.1 Å². The van der Waals surface area contributed by atoms with E-state index in [2.05, 4.69) is 99.3 Å². The van der Waals surface area contributed by atoms with Crippen LogP contribution in [0.1, 0.15) is 27.7 Å². The van der Waals surface area contributed by atoms with Crippen LogP contribution in [-0.2, 0) is 9.31 Å². The highest BCUT2D eigenvalue weighted by molar-refractivity contribution is 6.65. The molecule has 0 bridgehead atoms. The molecule has 35 heavy (non-hydrogen) atoms. The first-order valence-corrected chi connectivity index (χ1v) is 12.1. The quantitative estimate of drug-likeness (QED) is 0.262. The molecule has 0 aliphatic carbocycles. The van der Waals surface area contributed by atoms with Crippen molar-refractivity contribution in [3.8, 4) is 0 Å². The zero-order valence-electron chi connectivity index (χ0n) is 20.5. The van der Waals surface area contributed by atoms with Crippen LogP contribution in [0.15, 0.2) is 101 Å². The van der Waals surface area contributed by atoms with Gasteiger partial charge >= 0.3 is 7.12 Å². The average molecular weight is 461 g/mol. The Kier molecular flexibility index (Phi) is 5.03. The first-order chi connectivity index (χ1) is 16.9. The van der Waals surface area contributed by atoms with Crippen molar-refractivity contribution in [2.45, 2.75) is 38.9 Å². The molecular formula is C30H28BNO3. The van der Waals surface area contributed by atoms with Crippen LogP contribution in [0.25, 0.3) is 21.9 Å². The van der Waals surface area contributed by atoms with E-state index in [1.54, 1.807) is 0 Å². The maximum atomic E-state index is 6.51. The first-order valence-electron chi connectivity index (χ1n) is 12.1. The highest BCUT2D eigenvalue weighted by atomic mass is 16.7. The van der Waals surface area contributed by atoms with E-state index >= 15 is 0 Å². The molecule has 1 saturated heterocycles. The van der Waals surface area contributed by atoms with E-state index in [4.69, 9.17) is 13.7 Å². The predicted molar refractivity (Wildman–Crippen MR) is 144 cm³/mol. The molecular weight excluding hydrogens is 433 g/mol. The molecule has 0 radical (unpaired) electrons. The monoisotopic (exact) mass is 461 g/mol. The van der Waals surface area contributed by atoms with Crippen LogP contribution in [0, 0.1) is 0 Å². The summed E-state index contributed by atoms with van der Waals surface area (Å²) in [6.07, 6.45) is 0. The molecule has 2 heterocycles. The molecule has 0 atom stereocenters. The Morgan fingerprint density at radius 3 is 1.80 bits per heavy atom. The number of anilines is 3. The lowest BCUT2D eigenvalue weighted by atomic mass is 9.78. The maximum Gasteiger partial charge on any atom is 0.498 e. The Morgan fingerprint density at radius 2 is 1.20 bits per heavy atom. The van der Waals surface area contributed by atoms with Crippen LogP contribution in [0.3, 0.4) is 0 Å². The van der Waals surface area contributed by atoms with Gasteiger partial charge < -0.3 is 18.6 Å². The SMILES string of the molecule is CC1(C)OB(c2cccc3c2oc2cccc(N(c4ccccc4)c4ccccc4)c23)OC1(C)C. The minimum atomic E-state index is -0.493. The Bertz CT molecular complexity index is 1450. The summed E-state index contributed by atoms with van der Waals surface area (Å²) in [5.74, 6) is 0. The van der Waals surface area contributed by atoms with E-state index in [-0.39, 0.29) is 0 Å². The van der Waals surface area contributed by atoms with Crippen LogP contribution >= 0.6 is 0 Å². The summed E-state index contributed by atoms with van der Waals surface area (Å²) >= 11 is 0. The predicted octanol–water partition coefficient (Wildman–Crippen LogP) is 7.36. The van der Waals surface area contributed by atoms with Crippen LogP contribution in [0.5, 0.6) is 0 Å². The zero-order chi connectivity index (χ0) is 24.2. The van der Waals surface area contributed by atoms with Gasteiger partial charge in [0.1, 0.15) is 11.2 Å². The molecule has 5 aromatic rings. The van der Waals surface area contributed by atoms with E-state index in [9.17, 15) is 0 Å². The van der Waals surface area contributed by atoms with E-state index in [0.717, 1.165) is 44.5 Å². The number of hydrogen-bond donors (Lipinski definition) is 0. The second-order valence-corrected chi connectivity index (χ2v) is 10.1. The van der Waals surface area contributed by atoms with Gasteiger partial charge in [-0.15, -0.1) is 0 Å². The maximum absolute atomic E-state index is 6.51. The number of nitrogens with zero attached hydrogens (tertiary/aromatic N) is 1. The third-order valence-electron chi connectivity index (χ3n) is 7.31. The van der Waals surface area contributed by atoms with Crippen LogP contribution < -0.4 is 10.4 Å². The number of fused-ring (bicyclic) bond motifs is 3. The lowest BCUT2D eigenvalue weighted by molar-refractivity contribution is 0.00578. The van der Waals surface area contributed by atoms with E-state index < -0.39 is 18.3 Å². The summed E-state index contributed by atoms with van der Waals surface area (Å²) in [7, 11) is -0.493. The summed E-state index contributed by atoms with van der Waals surface area (Å²) < 4.78 is 19.3. The molecule has 0 N–H and O–H groups in total. The standard InChI is InChI=1S/C30H28BNO3/c1-29(2)30(3,4)35-31(34-29)24-18-11-17-23-27-25(19-12-20-26(27)33-28(23)24)32(21-13-7-5-8-14-21)22-15-9-6-10-16-22/h5-20H,1-4H3. The highest BCUT2D eigenvalue weighted by Crippen LogP contribution is 2.43. The van der Waals surface area contributed by atoms with Gasteiger partial charge in [0.15, 0.2) is 0 Å². The summed E-state index contributed by atoms with van der Waals surface area (Å²) in [6.45, 7) is 8.28. The number of rotatable bonds is 4. The van der Waals surface area contributed by atoms with Crippen molar-refractivity contribution in [3.63, 3.8) is 0 Å².